The Morgan fingerprint density at radius 3 is 1.81 bits per heavy atom. The van der Waals surface area contributed by atoms with Crippen molar-refractivity contribution in [1.29, 1.82) is 0 Å². The third kappa shape index (κ3) is 9.84. The first-order valence-corrected chi connectivity index (χ1v) is 24.0. The van der Waals surface area contributed by atoms with Gasteiger partial charge < -0.3 is 25.0 Å². The Balaban J connectivity index is 1.11. The molecule has 0 atom stereocenters. The summed E-state index contributed by atoms with van der Waals surface area (Å²) < 4.78 is 114. The summed E-state index contributed by atoms with van der Waals surface area (Å²) in [5, 5.41) is 51.3. The van der Waals surface area contributed by atoms with Crippen molar-refractivity contribution in [2.75, 3.05) is 19.5 Å². The number of benzene rings is 8. The van der Waals surface area contributed by atoms with Crippen LogP contribution in [0.1, 0.15) is 5.56 Å². The molecule has 8 aromatic rings. The number of nitrogens with one attached hydrogen (secondary N) is 1. The maximum atomic E-state index is 12.3. The lowest BCUT2D eigenvalue weighted by Crippen LogP contribution is -2.03. The van der Waals surface area contributed by atoms with Gasteiger partial charge >= 0.3 is 0 Å². The van der Waals surface area contributed by atoms with Gasteiger partial charge in [-0.05, 0) is 102 Å². The Kier molecular flexibility index (Phi) is 12.7. The second-order valence-corrected chi connectivity index (χ2v) is 18.9. The molecule has 346 valence electrons. The topological polar surface area (TPSA) is 308 Å². The second-order valence-electron chi connectivity index (χ2n) is 14.7. The average Bonchev–Trinajstić information content (AvgIpc) is 3.31. The zero-order valence-corrected chi connectivity index (χ0v) is 37.7. The first kappa shape index (κ1) is 46.7. The number of azo groups is 3. The highest BCUT2D eigenvalue weighted by Crippen LogP contribution is 2.42. The van der Waals surface area contributed by atoms with Crippen LogP contribution < -0.4 is 14.8 Å². The van der Waals surface area contributed by atoms with E-state index in [0.29, 0.717) is 5.39 Å². The summed E-state index contributed by atoms with van der Waals surface area (Å²) in [6, 6.07) is 30.8. The molecule has 0 amide bonds. The molecule has 68 heavy (non-hydrogen) atoms. The number of rotatable bonds is 14. The summed E-state index contributed by atoms with van der Waals surface area (Å²) >= 11 is 0. The fourth-order valence-corrected chi connectivity index (χ4v) is 9.06. The number of aliphatic hydroxyl groups excluding tert-OH is 1. The number of fused-ring (bicyclic) bond motifs is 3. The van der Waals surface area contributed by atoms with E-state index in [1.807, 2.05) is 30.3 Å². The van der Waals surface area contributed by atoms with Crippen molar-refractivity contribution in [1.82, 2.24) is 0 Å². The van der Waals surface area contributed by atoms with E-state index < -0.39 is 51.6 Å². The van der Waals surface area contributed by atoms with Crippen molar-refractivity contribution in [2.45, 2.75) is 21.3 Å². The fraction of sp³-hybridized carbons (Fsp3) is 0.0667. The SMILES string of the molecule is COc1ccc(Nc2ccc3c(O)c(N=Nc4cc(CO)c(N=Nc5ccc(N=Nc6cc(S(=O)(=O)O)c7cccc(S(=O)(=O)O)c7c6)c6ccc(S(=O)(=O)O)cc56)cc4OC)ccc3c2)cc1. The smallest absolute Gasteiger partial charge is 0.295 e. The van der Waals surface area contributed by atoms with Crippen molar-refractivity contribution in [3.05, 3.63) is 133 Å². The van der Waals surface area contributed by atoms with E-state index in [4.69, 9.17) is 9.47 Å². The van der Waals surface area contributed by atoms with Gasteiger partial charge in [-0.25, -0.2) is 0 Å². The van der Waals surface area contributed by atoms with E-state index in [1.54, 1.807) is 31.4 Å². The van der Waals surface area contributed by atoms with Gasteiger partial charge in [-0.1, -0.05) is 24.3 Å². The summed E-state index contributed by atoms with van der Waals surface area (Å²) in [4.78, 5) is -1.90. The van der Waals surface area contributed by atoms with Crippen LogP contribution in [0.3, 0.4) is 0 Å². The summed E-state index contributed by atoms with van der Waals surface area (Å²) in [6.07, 6.45) is 0. The Bertz CT molecular complexity index is 3780. The fourth-order valence-electron chi connectivity index (χ4n) is 7.13. The van der Waals surface area contributed by atoms with E-state index in [0.717, 1.165) is 52.8 Å². The lowest BCUT2D eigenvalue weighted by molar-refractivity contribution is 0.282. The third-order valence-corrected chi connectivity index (χ3v) is 13.1. The Morgan fingerprint density at radius 1 is 0.500 bits per heavy atom. The standard InChI is InChI=1S/C45H35N7O13S3/c1-64-30-10-7-27(8-11-30)46-28-9-13-32-25(18-28)6-15-39(45(32)54)50-52-41-19-26(24-53)40(23-42(41)65-2)51-49-38-17-16-37(33-14-12-31(22-35(33)38)66(55,56)57)48-47-29-20-36-34(44(21-29)68(61,62)63)4-3-5-43(36)67(58,59)60/h3-23,46,53-54H,24H2,1-2H3,(H,55,56,57)(H,58,59,60)(H,61,62,63). The lowest BCUT2D eigenvalue weighted by Gasteiger charge is -2.10. The molecular weight excluding hydrogens is 943 g/mol. The monoisotopic (exact) mass is 977 g/mol. The summed E-state index contributed by atoms with van der Waals surface area (Å²) in [5.41, 5.74) is 2.09. The summed E-state index contributed by atoms with van der Waals surface area (Å²) in [7, 11) is -11.6. The van der Waals surface area contributed by atoms with E-state index in [-0.39, 0.29) is 72.7 Å². The highest BCUT2D eigenvalue weighted by Gasteiger charge is 2.22. The molecule has 23 heteroatoms. The number of aromatic hydroxyl groups is 1. The number of hydrogen-bond donors (Lipinski definition) is 6. The number of hydrogen-bond acceptors (Lipinski definition) is 17. The minimum atomic E-state index is -4.96. The Labute approximate surface area is 386 Å². The highest BCUT2D eigenvalue weighted by molar-refractivity contribution is 7.86. The van der Waals surface area contributed by atoms with Crippen LogP contribution in [-0.4, -0.2) is 63.3 Å². The van der Waals surface area contributed by atoms with Crippen molar-refractivity contribution >= 4 is 108 Å². The zero-order chi connectivity index (χ0) is 48.5. The maximum absolute atomic E-state index is 12.3. The zero-order valence-electron chi connectivity index (χ0n) is 35.2. The Morgan fingerprint density at radius 2 is 1.13 bits per heavy atom. The molecule has 0 aliphatic heterocycles. The number of phenolic OH excluding ortho intramolecular Hbond substituents is 1. The van der Waals surface area contributed by atoms with Crippen LogP contribution >= 0.6 is 0 Å². The number of nitrogens with zero attached hydrogens (tertiary/aromatic N) is 6. The van der Waals surface area contributed by atoms with Crippen LogP contribution in [0, 0.1) is 0 Å². The normalized spacial score (nSPS) is 12.6. The van der Waals surface area contributed by atoms with Crippen LogP contribution in [0.4, 0.5) is 45.5 Å². The molecule has 0 unspecified atom stereocenters. The molecule has 6 N–H and O–H groups in total. The molecule has 0 heterocycles. The first-order valence-electron chi connectivity index (χ1n) is 19.6. The predicted octanol–water partition coefficient (Wildman–Crippen LogP) is 11.1. The molecule has 0 aliphatic carbocycles. The van der Waals surface area contributed by atoms with Gasteiger partial charge in [0.1, 0.15) is 32.7 Å². The van der Waals surface area contributed by atoms with Gasteiger partial charge in [0.2, 0.25) is 0 Å². The van der Waals surface area contributed by atoms with E-state index in [1.165, 1.54) is 49.6 Å². The van der Waals surface area contributed by atoms with Crippen molar-refractivity contribution < 1.29 is 58.6 Å². The molecule has 0 radical (unpaired) electrons. The minimum absolute atomic E-state index is 0.0450. The molecule has 0 saturated carbocycles. The molecule has 8 rings (SSSR count). The van der Waals surface area contributed by atoms with Crippen LogP contribution in [0.2, 0.25) is 0 Å². The molecular formula is C45H35N7O13S3. The number of anilines is 2. The van der Waals surface area contributed by atoms with E-state index >= 15 is 0 Å². The molecule has 0 aromatic heterocycles. The second kappa shape index (κ2) is 18.5. The highest BCUT2D eigenvalue weighted by atomic mass is 32.2. The molecule has 0 bridgehead atoms. The van der Waals surface area contributed by atoms with Crippen LogP contribution in [0.5, 0.6) is 17.2 Å². The van der Waals surface area contributed by atoms with Crippen molar-refractivity contribution in [3.63, 3.8) is 0 Å². The summed E-state index contributed by atoms with van der Waals surface area (Å²) in [6.45, 7) is -0.554. The van der Waals surface area contributed by atoms with Gasteiger partial charge in [0.05, 0.1) is 48.5 Å². The Hall–Kier alpha value is -7.77. The molecule has 0 saturated heterocycles. The largest absolute Gasteiger partial charge is 0.505 e. The van der Waals surface area contributed by atoms with Crippen LogP contribution in [0.15, 0.2) is 173 Å². The van der Waals surface area contributed by atoms with Gasteiger partial charge in [-0.2, -0.15) is 35.5 Å². The maximum Gasteiger partial charge on any atom is 0.295 e. The van der Waals surface area contributed by atoms with Crippen molar-refractivity contribution in [2.24, 2.45) is 30.7 Å². The van der Waals surface area contributed by atoms with Crippen LogP contribution in [0.25, 0.3) is 32.3 Å². The molecule has 8 aromatic carbocycles. The predicted molar refractivity (Wildman–Crippen MR) is 251 cm³/mol. The lowest BCUT2D eigenvalue weighted by atomic mass is 10.1. The van der Waals surface area contributed by atoms with Gasteiger partial charge in [0.25, 0.3) is 30.4 Å². The quantitative estimate of drug-likeness (QED) is 0.0436. The summed E-state index contributed by atoms with van der Waals surface area (Å²) in [5.74, 6) is 0.750. The third-order valence-electron chi connectivity index (χ3n) is 10.4. The number of ether oxygens (including phenoxy) is 2. The van der Waals surface area contributed by atoms with Gasteiger partial charge in [0, 0.05) is 49.9 Å². The van der Waals surface area contributed by atoms with E-state index in [2.05, 4.69) is 36.0 Å². The van der Waals surface area contributed by atoms with Crippen LogP contribution in [-0.2, 0) is 37.0 Å². The minimum Gasteiger partial charge on any atom is -0.505 e. The molecule has 0 fully saturated rings. The number of aliphatic hydroxyl groups is 1. The molecule has 20 nitrogen and oxygen atoms in total. The molecule has 0 spiro atoms. The molecule has 0 aliphatic rings. The van der Waals surface area contributed by atoms with Crippen molar-refractivity contribution in [3.8, 4) is 17.2 Å². The first-order chi connectivity index (χ1) is 32.3. The number of phenols is 1. The van der Waals surface area contributed by atoms with E-state index in [9.17, 15) is 49.1 Å². The van der Waals surface area contributed by atoms with Gasteiger partial charge in [-0.15, -0.1) is 20.5 Å². The average molecular weight is 978 g/mol. The van der Waals surface area contributed by atoms with Gasteiger partial charge in [0.15, 0.2) is 5.75 Å². The van der Waals surface area contributed by atoms with Gasteiger partial charge in [-0.3, -0.25) is 13.7 Å². The number of methoxy groups -OCH3 is 2.